The highest BCUT2D eigenvalue weighted by molar-refractivity contribution is 6.06. The molecular formula is C12H11N3O2. The van der Waals surface area contributed by atoms with E-state index in [1.165, 1.54) is 11.8 Å². The van der Waals surface area contributed by atoms with Gasteiger partial charge in [0.25, 0.3) is 11.9 Å². The van der Waals surface area contributed by atoms with E-state index in [1.807, 2.05) is 24.3 Å². The van der Waals surface area contributed by atoms with Gasteiger partial charge in [-0.05, 0) is 18.1 Å². The minimum atomic E-state index is -0.171. The second kappa shape index (κ2) is 3.62. The number of para-hydroxylation sites is 1. The first-order valence-electron chi connectivity index (χ1n) is 5.36. The van der Waals surface area contributed by atoms with Crippen LogP contribution < -0.4 is 10.6 Å². The fraction of sp³-hybridized carbons (Fsp3) is 0.167. The maximum atomic E-state index is 12.2. The van der Waals surface area contributed by atoms with Crippen LogP contribution in [0.15, 0.2) is 34.9 Å². The lowest BCUT2D eigenvalue weighted by Crippen LogP contribution is -2.29. The monoisotopic (exact) mass is 229 g/mol. The summed E-state index contributed by atoms with van der Waals surface area (Å²) in [7, 11) is 0. The number of nitrogens with zero attached hydrogens (tertiary/aromatic N) is 2. The Morgan fingerprint density at radius 1 is 1.41 bits per heavy atom. The molecule has 86 valence electrons. The molecule has 0 fully saturated rings. The van der Waals surface area contributed by atoms with E-state index in [2.05, 4.69) is 4.98 Å². The number of fused-ring (bicyclic) bond motifs is 1. The summed E-state index contributed by atoms with van der Waals surface area (Å²) in [6.07, 6.45) is 2.16. The van der Waals surface area contributed by atoms with Crippen LogP contribution in [0.1, 0.15) is 16.1 Å². The van der Waals surface area contributed by atoms with Crippen LogP contribution >= 0.6 is 0 Å². The molecule has 5 nitrogen and oxygen atoms in total. The van der Waals surface area contributed by atoms with Crippen LogP contribution in [-0.2, 0) is 6.42 Å². The topological polar surface area (TPSA) is 72.4 Å². The third-order valence-corrected chi connectivity index (χ3v) is 2.87. The van der Waals surface area contributed by atoms with Gasteiger partial charge in [-0.25, -0.2) is 0 Å². The number of amides is 1. The Hall–Kier alpha value is -2.30. The predicted molar refractivity (Wildman–Crippen MR) is 62.7 cm³/mol. The fourth-order valence-corrected chi connectivity index (χ4v) is 2.07. The number of hydrogen-bond donors (Lipinski definition) is 1. The third-order valence-electron chi connectivity index (χ3n) is 2.87. The zero-order valence-electron chi connectivity index (χ0n) is 9.09. The van der Waals surface area contributed by atoms with Crippen LogP contribution in [0.2, 0.25) is 0 Å². The van der Waals surface area contributed by atoms with Crippen molar-refractivity contribution in [3.05, 3.63) is 41.8 Å². The van der Waals surface area contributed by atoms with Gasteiger partial charge in [0, 0.05) is 12.2 Å². The summed E-state index contributed by atoms with van der Waals surface area (Å²) in [5, 5.41) is 0. The highest BCUT2D eigenvalue weighted by atomic mass is 16.4. The Labute approximate surface area is 97.9 Å². The number of hydrogen-bond acceptors (Lipinski definition) is 4. The van der Waals surface area contributed by atoms with Crippen LogP contribution in [0.4, 0.5) is 11.7 Å². The Balaban J connectivity index is 1.95. The van der Waals surface area contributed by atoms with Gasteiger partial charge in [-0.2, -0.15) is 4.98 Å². The number of rotatable bonds is 1. The lowest BCUT2D eigenvalue weighted by Gasteiger charge is -2.15. The van der Waals surface area contributed by atoms with Crippen molar-refractivity contribution < 1.29 is 9.21 Å². The van der Waals surface area contributed by atoms with E-state index in [9.17, 15) is 4.79 Å². The van der Waals surface area contributed by atoms with Gasteiger partial charge in [-0.3, -0.25) is 4.79 Å². The summed E-state index contributed by atoms with van der Waals surface area (Å²) in [4.78, 5) is 17.7. The van der Waals surface area contributed by atoms with Crippen molar-refractivity contribution >= 4 is 17.6 Å². The summed E-state index contributed by atoms with van der Waals surface area (Å²) in [5.41, 5.74) is 7.73. The smallest absolute Gasteiger partial charge is 0.292 e. The van der Waals surface area contributed by atoms with Crippen molar-refractivity contribution in [2.24, 2.45) is 0 Å². The Morgan fingerprint density at radius 3 is 3.00 bits per heavy atom. The van der Waals surface area contributed by atoms with Gasteiger partial charge in [0.05, 0.1) is 0 Å². The number of nitrogens with two attached hydrogens (primary N) is 1. The first kappa shape index (κ1) is 9.89. The predicted octanol–water partition coefficient (Wildman–Crippen LogP) is 1.46. The lowest BCUT2D eigenvalue weighted by molar-refractivity contribution is 0.0984. The van der Waals surface area contributed by atoms with Gasteiger partial charge < -0.3 is 15.1 Å². The minimum absolute atomic E-state index is 0.0147. The summed E-state index contributed by atoms with van der Waals surface area (Å²) >= 11 is 0. The van der Waals surface area contributed by atoms with E-state index in [-0.39, 0.29) is 17.6 Å². The molecule has 2 N–H and O–H groups in total. The number of carbonyl (C=O) groups is 1. The van der Waals surface area contributed by atoms with Crippen LogP contribution in [0.25, 0.3) is 0 Å². The molecule has 5 heteroatoms. The van der Waals surface area contributed by atoms with Gasteiger partial charge in [0.15, 0.2) is 5.69 Å². The second-order valence-electron chi connectivity index (χ2n) is 3.91. The first-order valence-corrected chi connectivity index (χ1v) is 5.36. The molecular weight excluding hydrogens is 218 g/mol. The van der Waals surface area contributed by atoms with E-state index in [4.69, 9.17) is 10.2 Å². The highest BCUT2D eigenvalue weighted by Crippen LogP contribution is 2.28. The summed E-state index contributed by atoms with van der Waals surface area (Å²) in [5.74, 6) is -0.171. The Bertz CT molecular complexity index is 577. The third kappa shape index (κ3) is 1.56. The Morgan fingerprint density at radius 2 is 2.24 bits per heavy atom. The molecule has 0 saturated carbocycles. The first-order chi connectivity index (χ1) is 8.25. The number of nitrogen functional groups attached to an aromatic ring is 1. The van der Waals surface area contributed by atoms with Crippen molar-refractivity contribution in [3.8, 4) is 0 Å². The number of anilines is 2. The van der Waals surface area contributed by atoms with E-state index in [1.54, 1.807) is 4.90 Å². The van der Waals surface area contributed by atoms with Crippen LogP contribution in [-0.4, -0.2) is 17.4 Å². The lowest BCUT2D eigenvalue weighted by atomic mass is 10.2. The van der Waals surface area contributed by atoms with E-state index in [0.29, 0.717) is 6.54 Å². The number of aromatic nitrogens is 1. The highest BCUT2D eigenvalue weighted by Gasteiger charge is 2.26. The van der Waals surface area contributed by atoms with Gasteiger partial charge in [-0.15, -0.1) is 0 Å². The average molecular weight is 229 g/mol. The quantitative estimate of drug-likeness (QED) is 0.803. The molecule has 1 aliphatic rings. The molecule has 0 atom stereocenters. The van der Waals surface area contributed by atoms with E-state index in [0.717, 1.165) is 12.1 Å². The molecule has 2 aromatic rings. The molecule has 2 heterocycles. The SMILES string of the molecule is Nc1nc(C(=O)N2CCc3ccccc32)co1. The van der Waals surface area contributed by atoms with Gasteiger partial charge in [0.1, 0.15) is 6.26 Å². The standard InChI is InChI=1S/C12H11N3O2/c13-12-14-9(7-17-12)11(16)15-6-5-8-3-1-2-4-10(8)15/h1-4,7H,5-6H2,(H2,13,14). The molecule has 0 bridgehead atoms. The molecule has 0 unspecified atom stereocenters. The summed E-state index contributed by atoms with van der Waals surface area (Å²) in [6, 6.07) is 7.87. The molecule has 0 saturated heterocycles. The Kier molecular flexibility index (Phi) is 2.11. The van der Waals surface area contributed by atoms with Gasteiger partial charge >= 0.3 is 0 Å². The zero-order chi connectivity index (χ0) is 11.8. The number of oxazole rings is 1. The summed E-state index contributed by atoms with van der Waals surface area (Å²) < 4.78 is 4.85. The van der Waals surface area contributed by atoms with Crippen molar-refractivity contribution in [3.63, 3.8) is 0 Å². The number of benzene rings is 1. The molecule has 1 amide bonds. The molecule has 0 aliphatic carbocycles. The van der Waals surface area contributed by atoms with Crippen molar-refractivity contribution in [1.82, 2.24) is 4.98 Å². The molecule has 3 rings (SSSR count). The van der Waals surface area contributed by atoms with Crippen molar-refractivity contribution in [2.75, 3.05) is 17.2 Å². The van der Waals surface area contributed by atoms with E-state index >= 15 is 0 Å². The molecule has 0 radical (unpaired) electrons. The average Bonchev–Trinajstić information content (AvgIpc) is 2.94. The molecule has 17 heavy (non-hydrogen) atoms. The maximum absolute atomic E-state index is 12.2. The van der Waals surface area contributed by atoms with Crippen LogP contribution in [0, 0.1) is 0 Å². The normalized spacial score (nSPS) is 13.8. The minimum Gasteiger partial charge on any atom is -0.431 e. The van der Waals surface area contributed by atoms with Crippen LogP contribution in [0.3, 0.4) is 0 Å². The molecule has 1 aromatic carbocycles. The molecule has 1 aliphatic heterocycles. The molecule has 0 spiro atoms. The van der Waals surface area contributed by atoms with Gasteiger partial charge in [-0.1, -0.05) is 18.2 Å². The molecule has 1 aromatic heterocycles. The second-order valence-corrected chi connectivity index (χ2v) is 3.91. The van der Waals surface area contributed by atoms with Crippen molar-refractivity contribution in [1.29, 1.82) is 0 Å². The van der Waals surface area contributed by atoms with E-state index < -0.39 is 0 Å². The number of carbonyl (C=O) groups excluding carboxylic acids is 1. The van der Waals surface area contributed by atoms with Crippen LogP contribution in [0.5, 0.6) is 0 Å². The zero-order valence-corrected chi connectivity index (χ0v) is 9.09. The largest absolute Gasteiger partial charge is 0.431 e. The van der Waals surface area contributed by atoms with Crippen molar-refractivity contribution in [2.45, 2.75) is 6.42 Å². The fourth-order valence-electron chi connectivity index (χ4n) is 2.07. The maximum Gasteiger partial charge on any atom is 0.292 e. The summed E-state index contributed by atoms with van der Waals surface area (Å²) in [6.45, 7) is 0.672. The van der Waals surface area contributed by atoms with Gasteiger partial charge in [0.2, 0.25) is 0 Å².